The third-order valence-electron chi connectivity index (χ3n) is 4.50. The fourth-order valence-electron chi connectivity index (χ4n) is 3.14. The lowest BCUT2D eigenvalue weighted by Gasteiger charge is -2.23. The lowest BCUT2D eigenvalue weighted by Crippen LogP contribution is -2.08. The van der Waals surface area contributed by atoms with Crippen molar-refractivity contribution in [3.8, 4) is 6.07 Å². The largest absolute Gasteiger partial charge is 0.353 e. The van der Waals surface area contributed by atoms with Crippen molar-refractivity contribution in [1.82, 2.24) is 0 Å². The number of carbonyl (C=O) groups excluding carboxylic acids is 1. The van der Waals surface area contributed by atoms with Gasteiger partial charge in [0.05, 0.1) is 17.4 Å². The molecule has 0 fully saturated rings. The molecule has 3 aromatic rings. The summed E-state index contributed by atoms with van der Waals surface area (Å²) in [6.07, 6.45) is 1.62. The van der Waals surface area contributed by atoms with E-state index in [1.807, 2.05) is 60.7 Å². The summed E-state index contributed by atoms with van der Waals surface area (Å²) in [5.41, 5.74) is 4.06. The van der Waals surface area contributed by atoms with Crippen molar-refractivity contribution in [3.63, 3.8) is 0 Å². The van der Waals surface area contributed by atoms with E-state index in [4.69, 9.17) is 0 Å². The number of hydrogen-bond acceptors (Lipinski definition) is 4. The van der Waals surface area contributed by atoms with E-state index < -0.39 is 0 Å². The van der Waals surface area contributed by atoms with Gasteiger partial charge in [0.25, 0.3) is 0 Å². The number of nitrogens with zero attached hydrogens (tertiary/aromatic N) is 1. The standard InChI is InChI=1S/C23H15BrN2OS/c24-17-10-8-15(9-11-17)16(12-13-25)14-20(27)18-4-3-7-22-23(18)26-19-5-1-2-6-21(19)28-22/h1-12,26H,14H2. The van der Waals surface area contributed by atoms with E-state index in [1.54, 1.807) is 11.8 Å². The first-order chi connectivity index (χ1) is 13.7. The highest BCUT2D eigenvalue weighted by molar-refractivity contribution is 9.10. The third kappa shape index (κ3) is 3.75. The smallest absolute Gasteiger partial charge is 0.169 e. The number of hydrogen-bond donors (Lipinski definition) is 1. The van der Waals surface area contributed by atoms with E-state index in [0.717, 1.165) is 31.2 Å². The number of allylic oxidation sites excluding steroid dienone is 2. The molecule has 1 N–H and O–H groups in total. The van der Waals surface area contributed by atoms with Crippen LogP contribution in [0.3, 0.4) is 0 Å². The summed E-state index contributed by atoms with van der Waals surface area (Å²) in [6.45, 7) is 0. The Hall–Kier alpha value is -2.81. The van der Waals surface area contributed by atoms with Crippen LogP contribution in [-0.4, -0.2) is 5.78 Å². The van der Waals surface area contributed by atoms with Gasteiger partial charge in [0, 0.05) is 32.3 Å². The summed E-state index contributed by atoms with van der Waals surface area (Å²) < 4.78 is 0.955. The molecule has 0 aromatic heterocycles. The lowest BCUT2D eigenvalue weighted by atomic mass is 9.96. The maximum absolute atomic E-state index is 13.1. The van der Waals surface area contributed by atoms with E-state index in [0.29, 0.717) is 11.1 Å². The first-order valence-corrected chi connectivity index (χ1v) is 10.3. The number of halogens is 1. The molecule has 3 aromatic carbocycles. The number of nitrogens with one attached hydrogen (secondary N) is 1. The van der Waals surface area contributed by atoms with Gasteiger partial charge in [-0.15, -0.1) is 0 Å². The van der Waals surface area contributed by atoms with Gasteiger partial charge in [-0.05, 0) is 47.5 Å². The molecule has 0 unspecified atom stereocenters. The second kappa shape index (κ2) is 8.05. The molecule has 1 heterocycles. The van der Waals surface area contributed by atoms with Crippen LogP contribution in [0.15, 0.2) is 87.1 Å². The van der Waals surface area contributed by atoms with Crippen LogP contribution in [0, 0.1) is 11.3 Å². The van der Waals surface area contributed by atoms with E-state index in [2.05, 4.69) is 33.4 Å². The van der Waals surface area contributed by atoms with Gasteiger partial charge < -0.3 is 5.32 Å². The van der Waals surface area contributed by atoms with E-state index in [1.165, 1.54) is 6.08 Å². The molecule has 0 radical (unpaired) electrons. The fraction of sp³-hybridized carbons (Fsp3) is 0.0435. The maximum Gasteiger partial charge on any atom is 0.169 e. The molecule has 5 heteroatoms. The Morgan fingerprint density at radius 2 is 1.79 bits per heavy atom. The molecule has 0 saturated heterocycles. The molecule has 3 nitrogen and oxygen atoms in total. The Labute approximate surface area is 176 Å². The number of anilines is 2. The minimum Gasteiger partial charge on any atom is -0.353 e. The molecule has 136 valence electrons. The third-order valence-corrected chi connectivity index (χ3v) is 6.16. The van der Waals surface area contributed by atoms with Crippen LogP contribution < -0.4 is 5.32 Å². The number of para-hydroxylation sites is 2. The average Bonchev–Trinajstić information content (AvgIpc) is 2.72. The molecule has 0 amide bonds. The zero-order chi connectivity index (χ0) is 19.5. The average molecular weight is 447 g/mol. The van der Waals surface area contributed by atoms with Gasteiger partial charge in [-0.2, -0.15) is 5.26 Å². The van der Waals surface area contributed by atoms with Crippen LogP contribution in [-0.2, 0) is 0 Å². The number of ketones is 1. The van der Waals surface area contributed by atoms with Crippen molar-refractivity contribution in [2.24, 2.45) is 0 Å². The van der Waals surface area contributed by atoms with E-state index in [9.17, 15) is 10.1 Å². The van der Waals surface area contributed by atoms with Gasteiger partial charge in [0.2, 0.25) is 0 Å². The monoisotopic (exact) mass is 446 g/mol. The number of nitriles is 1. The van der Waals surface area contributed by atoms with Gasteiger partial charge in [-0.1, -0.05) is 58.0 Å². The molecule has 0 atom stereocenters. The summed E-state index contributed by atoms with van der Waals surface area (Å²) in [6, 6.07) is 23.5. The highest BCUT2D eigenvalue weighted by Crippen LogP contribution is 2.45. The van der Waals surface area contributed by atoms with Crippen LogP contribution in [0.2, 0.25) is 0 Å². The van der Waals surface area contributed by atoms with Crippen molar-refractivity contribution < 1.29 is 4.79 Å². The van der Waals surface area contributed by atoms with Crippen molar-refractivity contribution in [2.45, 2.75) is 16.2 Å². The topological polar surface area (TPSA) is 52.9 Å². The maximum atomic E-state index is 13.1. The van der Waals surface area contributed by atoms with Crippen molar-refractivity contribution in [1.29, 1.82) is 5.26 Å². The molecule has 0 aliphatic carbocycles. The lowest BCUT2D eigenvalue weighted by molar-refractivity contribution is 0.0999. The summed E-state index contributed by atoms with van der Waals surface area (Å²) >= 11 is 5.07. The molecule has 0 saturated carbocycles. The Morgan fingerprint density at radius 3 is 2.57 bits per heavy atom. The minimum absolute atomic E-state index is 0.0197. The minimum atomic E-state index is -0.0197. The van der Waals surface area contributed by atoms with Gasteiger partial charge >= 0.3 is 0 Å². The number of Topliss-reactive ketones (excluding diaryl/α,β-unsaturated/α-hetero) is 1. The Kier molecular flexibility index (Phi) is 5.34. The van der Waals surface area contributed by atoms with Crippen LogP contribution in [0.1, 0.15) is 22.3 Å². The van der Waals surface area contributed by atoms with Crippen LogP contribution >= 0.6 is 27.7 Å². The number of benzene rings is 3. The highest BCUT2D eigenvalue weighted by atomic mass is 79.9. The number of fused-ring (bicyclic) bond motifs is 2. The van der Waals surface area contributed by atoms with E-state index >= 15 is 0 Å². The van der Waals surface area contributed by atoms with E-state index in [-0.39, 0.29) is 12.2 Å². The zero-order valence-corrected chi connectivity index (χ0v) is 17.2. The Bertz CT molecular complexity index is 1130. The first kappa shape index (κ1) is 18.5. The van der Waals surface area contributed by atoms with Gasteiger partial charge in [-0.25, -0.2) is 0 Å². The number of rotatable bonds is 4. The summed E-state index contributed by atoms with van der Waals surface area (Å²) in [7, 11) is 0. The van der Waals surface area contributed by atoms with Crippen LogP contribution in [0.25, 0.3) is 5.57 Å². The molecule has 0 spiro atoms. The molecule has 1 aliphatic rings. The SMILES string of the molecule is N#CC=C(CC(=O)c1cccc2c1Nc1ccccc1S2)c1ccc(Br)cc1. The van der Waals surface area contributed by atoms with Gasteiger partial charge in [-0.3, -0.25) is 4.79 Å². The quantitative estimate of drug-likeness (QED) is 0.275. The Morgan fingerprint density at radius 1 is 1.04 bits per heavy atom. The predicted octanol–water partition coefficient (Wildman–Crippen LogP) is 6.84. The molecule has 1 aliphatic heterocycles. The second-order valence-corrected chi connectivity index (χ2v) is 8.31. The summed E-state index contributed by atoms with van der Waals surface area (Å²) in [5, 5.41) is 12.6. The second-order valence-electron chi connectivity index (χ2n) is 6.31. The van der Waals surface area contributed by atoms with Crippen molar-refractivity contribution >= 4 is 50.4 Å². The molecule has 4 rings (SSSR count). The normalized spacial score (nSPS) is 12.4. The van der Waals surface area contributed by atoms with Crippen LogP contribution in [0.5, 0.6) is 0 Å². The molecular weight excluding hydrogens is 432 g/mol. The summed E-state index contributed by atoms with van der Waals surface area (Å²) in [4.78, 5) is 15.3. The van der Waals surface area contributed by atoms with Gasteiger partial charge in [0.15, 0.2) is 5.78 Å². The molecule has 28 heavy (non-hydrogen) atoms. The Balaban J connectivity index is 1.65. The van der Waals surface area contributed by atoms with Gasteiger partial charge in [0.1, 0.15) is 0 Å². The fourth-order valence-corrected chi connectivity index (χ4v) is 4.42. The summed E-state index contributed by atoms with van der Waals surface area (Å²) in [5.74, 6) is -0.0197. The van der Waals surface area contributed by atoms with Crippen molar-refractivity contribution in [2.75, 3.05) is 5.32 Å². The highest BCUT2D eigenvalue weighted by Gasteiger charge is 2.22. The number of carbonyl (C=O) groups is 1. The molecular formula is C23H15BrN2OS. The first-order valence-electron chi connectivity index (χ1n) is 8.70. The predicted molar refractivity (Wildman–Crippen MR) is 117 cm³/mol. The van der Waals surface area contributed by atoms with Crippen LogP contribution in [0.4, 0.5) is 11.4 Å². The zero-order valence-electron chi connectivity index (χ0n) is 14.8. The van der Waals surface area contributed by atoms with Crippen molar-refractivity contribution in [3.05, 3.63) is 88.4 Å². The molecule has 0 bridgehead atoms.